The van der Waals surface area contributed by atoms with Crippen molar-refractivity contribution >= 4 is 11.9 Å². The molecule has 0 bridgehead atoms. The highest BCUT2D eigenvalue weighted by atomic mass is 19.4. The third-order valence-corrected chi connectivity index (χ3v) is 5.69. The van der Waals surface area contributed by atoms with Crippen molar-refractivity contribution in [2.75, 3.05) is 13.1 Å². The summed E-state index contributed by atoms with van der Waals surface area (Å²) >= 11 is 0. The van der Waals surface area contributed by atoms with Gasteiger partial charge in [0.2, 0.25) is 5.91 Å². The topological polar surface area (TPSA) is 92.4 Å². The minimum Gasteiger partial charge on any atom is -0.475 e. The molecule has 2 aromatic rings. The highest BCUT2D eigenvalue weighted by molar-refractivity contribution is 5.94. The average molecular weight is 465 g/mol. The van der Waals surface area contributed by atoms with Crippen LogP contribution < -0.4 is 11.1 Å². The van der Waals surface area contributed by atoms with Crippen LogP contribution in [-0.4, -0.2) is 36.2 Å². The van der Waals surface area contributed by atoms with E-state index < -0.39 is 12.1 Å². The first kappa shape index (κ1) is 26.4. The number of halogens is 3. The molecule has 1 fully saturated rings. The zero-order valence-electron chi connectivity index (χ0n) is 18.5. The van der Waals surface area contributed by atoms with Gasteiger partial charge in [-0.2, -0.15) is 13.2 Å². The summed E-state index contributed by atoms with van der Waals surface area (Å²) < 4.78 is 31.7. The van der Waals surface area contributed by atoms with E-state index in [0.29, 0.717) is 5.56 Å². The Bertz CT molecular complexity index is 910. The van der Waals surface area contributed by atoms with Crippen LogP contribution in [0.3, 0.4) is 0 Å². The van der Waals surface area contributed by atoms with Crippen LogP contribution in [0.4, 0.5) is 13.2 Å². The van der Waals surface area contributed by atoms with Crippen molar-refractivity contribution in [2.24, 2.45) is 11.7 Å². The van der Waals surface area contributed by atoms with E-state index in [1.54, 1.807) is 6.07 Å². The Labute approximate surface area is 192 Å². The standard InChI is InChI=1S/C23H30N2O.C2HF3O2/c24-23(26)22-11-5-10-21(17-22)20-9-4-8-19(16-20)13-15-25-14-12-18-6-2-1-3-7-18;3-2(4,5)1(6)7/h4-5,8-11,16-18,25H,1-3,6-7,12-15H2,(H2,24,26);(H,6,7). The summed E-state index contributed by atoms with van der Waals surface area (Å²) in [4.78, 5) is 20.3. The van der Waals surface area contributed by atoms with Gasteiger partial charge in [-0.15, -0.1) is 0 Å². The zero-order valence-corrected chi connectivity index (χ0v) is 18.5. The number of carboxylic acid groups (broad SMARTS) is 1. The first-order valence-electron chi connectivity index (χ1n) is 11.2. The van der Waals surface area contributed by atoms with E-state index in [4.69, 9.17) is 15.6 Å². The number of carbonyl (C=O) groups is 2. The van der Waals surface area contributed by atoms with Crippen LogP contribution in [-0.2, 0) is 11.2 Å². The molecule has 180 valence electrons. The molecule has 0 radical (unpaired) electrons. The molecule has 0 aromatic heterocycles. The number of rotatable bonds is 8. The Morgan fingerprint density at radius 3 is 2.18 bits per heavy atom. The maximum Gasteiger partial charge on any atom is 0.490 e. The Morgan fingerprint density at radius 2 is 1.58 bits per heavy atom. The van der Waals surface area contributed by atoms with Gasteiger partial charge in [0, 0.05) is 5.56 Å². The van der Waals surface area contributed by atoms with Crippen LogP contribution in [0.1, 0.15) is 54.4 Å². The molecule has 3 rings (SSSR count). The molecule has 1 aliphatic carbocycles. The lowest BCUT2D eigenvalue weighted by Crippen LogP contribution is -2.21. The molecule has 1 amide bonds. The SMILES string of the molecule is NC(=O)c1cccc(-c2cccc(CCNCCC3CCCCC3)c2)c1.O=C(O)C(F)(F)F. The number of benzene rings is 2. The number of carbonyl (C=O) groups excluding carboxylic acids is 1. The molecule has 0 spiro atoms. The average Bonchev–Trinajstić information content (AvgIpc) is 2.79. The fourth-order valence-corrected chi connectivity index (χ4v) is 3.90. The van der Waals surface area contributed by atoms with Gasteiger partial charge < -0.3 is 16.2 Å². The van der Waals surface area contributed by atoms with Crippen molar-refractivity contribution < 1.29 is 27.9 Å². The summed E-state index contributed by atoms with van der Waals surface area (Å²) in [6.07, 6.45) is 4.39. The largest absolute Gasteiger partial charge is 0.490 e. The van der Waals surface area contributed by atoms with Crippen molar-refractivity contribution in [2.45, 2.75) is 51.1 Å². The van der Waals surface area contributed by atoms with Crippen LogP contribution in [0.5, 0.6) is 0 Å². The number of amides is 1. The second kappa shape index (κ2) is 13.0. The lowest BCUT2D eigenvalue weighted by molar-refractivity contribution is -0.192. The Morgan fingerprint density at radius 1 is 0.970 bits per heavy atom. The summed E-state index contributed by atoms with van der Waals surface area (Å²) in [5, 5.41) is 10.7. The van der Waals surface area contributed by atoms with Crippen LogP contribution >= 0.6 is 0 Å². The molecule has 0 unspecified atom stereocenters. The van der Waals surface area contributed by atoms with Gasteiger partial charge in [0.05, 0.1) is 0 Å². The second-order valence-corrected chi connectivity index (χ2v) is 8.24. The fraction of sp³-hybridized carbons (Fsp3) is 0.440. The molecular formula is C25H31F3N2O3. The predicted octanol–water partition coefficient (Wildman–Crippen LogP) is 5.19. The molecule has 0 saturated heterocycles. The molecular weight excluding hydrogens is 433 g/mol. The van der Waals surface area contributed by atoms with Gasteiger partial charge in [-0.05, 0) is 60.7 Å². The predicted molar refractivity (Wildman–Crippen MR) is 122 cm³/mol. The third-order valence-electron chi connectivity index (χ3n) is 5.69. The number of hydrogen-bond acceptors (Lipinski definition) is 3. The maximum absolute atomic E-state index is 11.4. The first-order valence-corrected chi connectivity index (χ1v) is 11.2. The highest BCUT2D eigenvalue weighted by Gasteiger charge is 2.38. The first-order chi connectivity index (χ1) is 15.7. The third kappa shape index (κ3) is 9.65. The van der Waals surface area contributed by atoms with E-state index in [-0.39, 0.29) is 5.91 Å². The molecule has 0 heterocycles. The Kier molecular flexibility index (Phi) is 10.4. The van der Waals surface area contributed by atoms with Gasteiger partial charge in [-0.1, -0.05) is 68.5 Å². The zero-order chi connectivity index (χ0) is 24.3. The molecule has 8 heteroatoms. The molecule has 2 aromatic carbocycles. The number of aliphatic carboxylic acids is 1. The highest BCUT2D eigenvalue weighted by Crippen LogP contribution is 2.26. The molecule has 5 nitrogen and oxygen atoms in total. The molecule has 33 heavy (non-hydrogen) atoms. The van der Waals surface area contributed by atoms with E-state index in [1.807, 2.05) is 18.2 Å². The molecule has 0 aliphatic heterocycles. The van der Waals surface area contributed by atoms with E-state index in [2.05, 4.69) is 29.6 Å². The molecule has 1 saturated carbocycles. The van der Waals surface area contributed by atoms with Crippen LogP contribution in [0.2, 0.25) is 0 Å². The monoisotopic (exact) mass is 464 g/mol. The normalized spacial score (nSPS) is 14.3. The summed E-state index contributed by atoms with van der Waals surface area (Å²) in [7, 11) is 0. The fourth-order valence-electron chi connectivity index (χ4n) is 3.90. The van der Waals surface area contributed by atoms with Crippen LogP contribution in [0.15, 0.2) is 48.5 Å². The summed E-state index contributed by atoms with van der Waals surface area (Å²) in [6, 6.07) is 16.1. The molecule has 4 N–H and O–H groups in total. The molecule has 1 aliphatic rings. The summed E-state index contributed by atoms with van der Waals surface area (Å²) in [5.74, 6) is -2.20. The minimum atomic E-state index is -5.08. The minimum absolute atomic E-state index is 0.384. The summed E-state index contributed by atoms with van der Waals surface area (Å²) in [5.41, 5.74) is 9.43. The van der Waals surface area contributed by atoms with Crippen molar-refractivity contribution in [1.29, 1.82) is 0 Å². The van der Waals surface area contributed by atoms with Crippen molar-refractivity contribution in [3.05, 3.63) is 59.7 Å². The van der Waals surface area contributed by atoms with Gasteiger partial charge in [0.15, 0.2) is 0 Å². The van der Waals surface area contributed by atoms with E-state index >= 15 is 0 Å². The van der Waals surface area contributed by atoms with Crippen molar-refractivity contribution in [3.63, 3.8) is 0 Å². The van der Waals surface area contributed by atoms with Gasteiger partial charge in [0.25, 0.3) is 0 Å². The lowest BCUT2D eigenvalue weighted by atomic mass is 9.87. The number of carboxylic acids is 1. The second-order valence-electron chi connectivity index (χ2n) is 8.24. The number of nitrogens with one attached hydrogen (secondary N) is 1. The lowest BCUT2D eigenvalue weighted by Gasteiger charge is -2.21. The summed E-state index contributed by atoms with van der Waals surface area (Å²) in [6.45, 7) is 2.14. The molecule has 0 atom stereocenters. The van der Waals surface area contributed by atoms with Gasteiger partial charge in [-0.3, -0.25) is 4.79 Å². The Hall–Kier alpha value is -2.87. The Balaban J connectivity index is 0.000000479. The number of primary amides is 1. The van der Waals surface area contributed by atoms with E-state index in [1.165, 1.54) is 44.1 Å². The number of nitrogens with two attached hydrogens (primary N) is 1. The van der Waals surface area contributed by atoms with Crippen LogP contribution in [0, 0.1) is 5.92 Å². The smallest absolute Gasteiger partial charge is 0.475 e. The van der Waals surface area contributed by atoms with Gasteiger partial charge in [-0.25, -0.2) is 4.79 Å². The van der Waals surface area contributed by atoms with Crippen LogP contribution in [0.25, 0.3) is 11.1 Å². The quantitative estimate of drug-likeness (QED) is 0.469. The van der Waals surface area contributed by atoms with E-state index in [9.17, 15) is 18.0 Å². The maximum atomic E-state index is 11.4. The van der Waals surface area contributed by atoms with Gasteiger partial charge >= 0.3 is 12.1 Å². The van der Waals surface area contributed by atoms with Crippen molar-refractivity contribution in [3.8, 4) is 11.1 Å². The van der Waals surface area contributed by atoms with Crippen molar-refractivity contribution in [1.82, 2.24) is 5.32 Å². The number of hydrogen-bond donors (Lipinski definition) is 3. The number of alkyl halides is 3. The van der Waals surface area contributed by atoms with Gasteiger partial charge in [0.1, 0.15) is 0 Å². The van der Waals surface area contributed by atoms with E-state index in [0.717, 1.165) is 36.6 Å².